The van der Waals surface area contributed by atoms with Crippen molar-refractivity contribution in [1.82, 2.24) is 5.06 Å². The van der Waals surface area contributed by atoms with Crippen LogP contribution in [0.15, 0.2) is 18.2 Å². The third-order valence-electron chi connectivity index (χ3n) is 4.05. The quantitative estimate of drug-likeness (QED) is 0.780. The first-order chi connectivity index (χ1) is 11.8. The molecule has 1 saturated heterocycles. The van der Waals surface area contributed by atoms with Gasteiger partial charge in [-0.1, -0.05) is 11.6 Å². The van der Waals surface area contributed by atoms with Crippen molar-refractivity contribution in [2.45, 2.75) is 44.1 Å². The Balaban J connectivity index is 1.55. The zero-order chi connectivity index (χ0) is 18.0. The monoisotopic (exact) mass is 379 g/mol. The van der Waals surface area contributed by atoms with Crippen LogP contribution in [0.2, 0.25) is 5.02 Å². The molecule has 1 aliphatic carbocycles. The topological polar surface area (TPSA) is 48.0 Å². The minimum absolute atomic E-state index is 0.0389. The molecule has 1 aromatic carbocycles. The van der Waals surface area contributed by atoms with Crippen molar-refractivity contribution >= 4 is 17.6 Å². The summed E-state index contributed by atoms with van der Waals surface area (Å²) >= 11 is 5.99. The molecule has 5 nitrogen and oxygen atoms in total. The van der Waals surface area contributed by atoms with E-state index in [0.29, 0.717) is 16.5 Å². The molecule has 1 saturated carbocycles. The molecule has 3 rings (SSSR count). The van der Waals surface area contributed by atoms with Crippen LogP contribution in [0.25, 0.3) is 0 Å². The Morgan fingerprint density at radius 2 is 1.72 bits per heavy atom. The highest BCUT2D eigenvalue weighted by Crippen LogP contribution is 2.35. The predicted octanol–water partition coefficient (Wildman–Crippen LogP) is 3.74. The third-order valence-corrected chi connectivity index (χ3v) is 4.29. The maximum Gasteiger partial charge on any atom is 0.492 e. The summed E-state index contributed by atoms with van der Waals surface area (Å²) < 4.78 is 48.1. The van der Waals surface area contributed by atoms with E-state index >= 15 is 0 Å². The molecule has 2 fully saturated rings. The summed E-state index contributed by atoms with van der Waals surface area (Å²) in [5, 5.41) is 1.37. The minimum atomic E-state index is -5.01. The zero-order valence-corrected chi connectivity index (χ0v) is 14.0. The molecule has 0 aromatic heterocycles. The Labute approximate surface area is 147 Å². The van der Waals surface area contributed by atoms with Gasteiger partial charge in [-0.05, 0) is 37.8 Å². The van der Waals surface area contributed by atoms with E-state index in [1.54, 1.807) is 18.2 Å². The van der Waals surface area contributed by atoms with Gasteiger partial charge in [-0.2, -0.15) is 13.2 Å². The number of alkyl halides is 3. The molecular weight excluding hydrogens is 363 g/mol. The van der Waals surface area contributed by atoms with Gasteiger partial charge < -0.3 is 14.3 Å². The van der Waals surface area contributed by atoms with Crippen molar-refractivity contribution in [1.29, 1.82) is 0 Å². The second kappa shape index (κ2) is 7.29. The Morgan fingerprint density at radius 3 is 2.36 bits per heavy atom. The van der Waals surface area contributed by atoms with Crippen LogP contribution in [0.3, 0.4) is 0 Å². The predicted molar refractivity (Wildman–Crippen MR) is 82.5 cm³/mol. The van der Waals surface area contributed by atoms with E-state index in [0.717, 1.165) is 30.7 Å². The average molecular weight is 380 g/mol. The standard InChI is InChI=1S/C16H17ClF3NO4/c17-10-5-6-13(23-11-3-1-2-4-11)14(7-10)24-12-8-21(9-12)25-15(22)16(18,19)20/h5-7,11-12H,1-4,8-9H2. The van der Waals surface area contributed by atoms with Gasteiger partial charge >= 0.3 is 12.1 Å². The van der Waals surface area contributed by atoms with E-state index in [2.05, 4.69) is 4.84 Å². The first-order valence-electron chi connectivity index (χ1n) is 7.98. The van der Waals surface area contributed by atoms with E-state index in [1.807, 2.05) is 0 Å². The van der Waals surface area contributed by atoms with Crippen molar-refractivity contribution in [2.75, 3.05) is 13.1 Å². The molecular formula is C16H17ClF3NO4. The Bertz CT molecular complexity index is 628. The van der Waals surface area contributed by atoms with Crippen LogP contribution in [0.4, 0.5) is 13.2 Å². The lowest BCUT2D eigenvalue weighted by Crippen LogP contribution is -2.55. The summed E-state index contributed by atoms with van der Waals surface area (Å²) in [6, 6.07) is 5.02. The molecule has 0 bridgehead atoms. The summed E-state index contributed by atoms with van der Waals surface area (Å²) in [7, 11) is 0. The molecule has 1 heterocycles. The number of nitrogens with zero attached hydrogens (tertiary/aromatic N) is 1. The number of carbonyl (C=O) groups is 1. The Hall–Kier alpha value is -1.67. The number of hydrogen-bond acceptors (Lipinski definition) is 5. The van der Waals surface area contributed by atoms with Gasteiger partial charge in [0.2, 0.25) is 0 Å². The van der Waals surface area contributed by atoms with Gasteiger partial charge in [0.1, 0.15) is 6.10 Å². The lowest BCUT2D eigenvalue weighted by atomic mass is 10.2. The van der Waals surface area contributed by atoms with E-state index < -0.39 is 18.2 Å². The van der Waals surface area contributed by atoms with Crippen molar-refractivity contribution < 1.29 is 32.3 Å². The smallest absolute Gasteiger partial charge is 0.487 e. The summed E-state index contributed by atoms with van der Waals surface area (Å²) in [6.07, 6.45) is -1.09. The zero-order valence-electron chi connectivity index (χ0n) is 13.2. The highest BCUT2D eigenvalue weighted by Gasteiger charge is 2.44. The van der Waals surface area contributed by atoms with Crippen LogP contribution >= 0.6 is 11.6 Å². The number of hydrogen-bond donors (Lipinski definition) is 0. The largest absolute Gasteiger partial charge is 0.492 e. The molecule has 25 heavy (non-hydrogen) atoms. The fourth-order valence-corrected chi connectivity index (χ4v) is 2.92. The van der Waals surface area contributed by atoms with Gasteiger partial charge in [0.15, 0.2) is 11.5 Å². The van der Waals surface area contributed by atoms with E-state index in [4.69, 9.17) is 21.1 Å². The van der Waals surface area contributed by atoms with Crippen LogP contribution < -0.4 is 9.47 Å². The van der Waals surface area contributed by atoms with Crippen molar-refractivity contribution in [3.63, 3.8) is 0 Å². The first kappa shape index (κ1) is 18.1. The fraction of sp³-hybridized carbons (Fsp3) is 0.562. The average Bonchev–Trinajstić information content (AvgIpc) is 2.99. The summed E-state index contributed by atoms with van der Waals surface area (Å²) in [5.41, 5.74) is 0. The number of halogens is 4. The summed E-state index contributed by atoms with van der Waals surface area (Å²) in [6.45, 7) is 0.0778. The van der Waals surface area contributed by atoms with Crippen LogP contribution in [-0.4, -0.2) is 42.5 Å². The molecule has 0 radical (unpaired) electrons. The first-order valence-corrected chi connectivity index (χ1v) is 8.36. The lowest BCUT2D eigenvalue weighted by molar-refractivity contribution is -0.262. The Morgan fingerprint density at radius 1 is 1.08 bits per heavy atom. The van der Waals surface area contributed by atoms with Gasteiger partial charge in [0.25, 0.3) is 0 Å². The summed E-state index contributed by atoms with van der Waals surface area (Å²) in [5.74, 6) is -1.24. The number of benzene rings is 1. The van der Waals surface area contributed by atoms with Gasteiger partial charge in [-0.3, -0.25) is 0 Å². The number of ether oxygens (including phenoxy) is 2. The van der Waals surface area contributed by atoms with Gasteiger partial charge in [0, 0.05) is 11.1 Å². The number of hydroxylamine groups is 2. The van der Waals surface area contributed by atoms with E-state index in [1.165, 1.54) is 0 Å². The lowest BCUT2D eigenvalue weighted by Gasteiger charge is -2.37. The number of rotatable bonds is 5. The van der Waals surface area contributed by atoms with Crippen LogP contribution in [0, 0.1) is 0 Å². The SMILES string of the molecule is O=C(ON1CC(Oc2cc(Cl)ccc2OC2CCCC2)C1)C(F)(F)F. The normalized spacial score (nSPS) is 19.5. The molecule has 0 unspecified atom stereocenters. The van der Waals surface area contributed by atoms with E-state index in [-0.39, 0.29) is 19.2 Å². The van der Waals surface area contributed by atoms with Crippen LogP contribution in [0.1, 0.15) is 25.7 Å². The minimum Gasteiger partial charge on any atom is -0.487 e. The highest BCUT2D eigenvalue weighted by molar-refractivity contribution is 6.30. The Kier molecular flexibility index (Phi) is 5.29. The molecule has 0 amide bonds. The molecule has 138 valence electrons. The molecule has 0 N–H and O–H groups in total. The van der Waals surface area contributed by atoms with Crippen LogP contribution in [0.5, 0.6) is 11.5 Å². The maximum atomic E-state index is 12.1. The molecule has 1 aliphatic heterocycles. The summed E-state index contributed by atoms with van der Waals surface area (Å²) in [4.78, 5) is 15.0. The van der Waals surface area contributed by atoms with Gasteiger partial charge in [-0.15, -0.1) is 5.06 Å². The van der Waals surface area contributed by atoms with Crippen molar-refractivity contribution in [3.05, 3.63) is 23.2 Å². The molecule has 0 atom stereocenters. The molecule has 2 aliphatic rings. The third kappa shape index (κ3) is 4.70. The van der Waals surface area contributed by atoms with Gasteiger partial charge in [0.05, 0.1) is 19.2 Å². The molecule has 1 aromatic rings. The van der Waals surface area contributed by atoms with Gasteiger partial charge in [-0.25, -0.2) is 4.79 Å². The second-order valence-corrected chi connectivity index (χ2v) is 6.52. The fourth-order valence-electron chi connectivity index (χ4n) is 2.76. The number of carbonyl (C=O) groups excluding carboxylic acids is 1. The highest BCUT2D eigenvalue weighted by atomic mass is 35.5. The van der Waals surface area contributed by atoms with Crippen LogP contribution in [-0.2, 0) is 9.63 Å². The maximum absolute atomic E-state index is 12.1. The second-order valence-electron chi connectivity index (χ2n) is 6.08. The molecule has 9 heteroatoms. The van der Waals surface area contributed by atoms with E-state index in [9.17, 15) is 18.0 Å². The van der Waals surface area contributed by atoms with Crippen molar-refractivity contribution in [2.24, 2.45) is 0 Å². The van der Waals surface area contributed by atoms with Crippen molar-refractivity contribution in [3.8, 4) is 11.5 Å². The molecule has 0 spiro atoms.